The lowest BCUT2D eigenvalue weighted by molar-refractivity contribution is 0.369. The molecule has 1 aromatic heterocycles. The van der Waals surface area contributed by atoms with Crippen molar-refractivity contribution in [2.75, 3.05) is 6.61 Å². The fourth-order valence-electron chi connectivity index (χ4n) is 1.39. The van der Waals surface area contributed by atoms with Gasteiger partial charge in [-0.15, -0.1) is 0 Å². The topological polar surface area (TPSA) is 45.9 Å². The second-order valence-electron chi connectivity index (χ2n) is 3.02. The van der Waals surface area contributed by atoms with Gasteiger partial charge in [-0.05, 0) is 28.1 Å². The maximum Gasteiger partial charge on any atom is 0.174 e. The number of nitriles is 1. The van der Waals surface area contributed by atoms with E-state index in [0.29, 0.717) is 5.75 Å². The Labute approximate surface area is 109 Å². The number of halogens is 2. The van der Waals surface area contributed by atoms with Crippen molar-refractivity contribution < 1.29 is 4.74 Å². The van der Waals surface area contributed by atoms with E-state index in [2.05, 4.69) is 36.8 Å². The van der Waals surface area contributed by atoms with Crippen LogP contribution in [0.15, 0.2) is 33.3 Å². The summed E-state index contributed by atoms with van der Waals surface area (Å²) >= 11 is 6.85. The van der Waals surface area contributed by atoms with Crippen LogP contribution in [0.2, 0.25) is 0 Å². The fourth-order valence-corrected chi connectivity index (χ4v) is 2.78. The molecule has 1 heterocycles. The minimum Gasteiger partial charge on any atom is -0.475 e. The van der Waals surface area contributed by atoms with E-state index in [1.54, 1.807) is 6.20 Å². The first kappa shape index (κ1) is 11.4. The summed E-state index contributed by atoms with van der Waals surface area (Å²) in [4.78, 5) is 4.26. The second kappa shape index (κ2) is 4.81. The Morgan fingerprint density at radius 3 is 2.94 bits per heavy atom. The largest absolute Gasteiger partial charge is 0.475 e. The number of benzene rings is 1. The molecule has 16 heavy (non-hydrogen) atoms. The molecule has 0 fully saturated rings. The number of aromatic nitrogens is 1. The molecule has 0 N–H and O–H groups in total. The fraction of sp³-hybridized carbons (Fsp3) is 0.0909. The van der Waals surface area contributed by atoms with Gasteiger partial charge in [-0.2, -0.15) is 5.26 Å². The average molecular weight is 342 g/mol. The highest BCUT2D eigenvalue weighted by Crippen LogP contribution is 2.37. The zero-order chi connectivity index (χ0) is 11.5. The molecule has 5 heteroatoms. The van der Waals surface area contributed by atoms with Crippen LogP contribution in [-0.4, -0.2) is 11.6 Å². The minimum absolute atomic E-state index is 0.00586. The summed E-state index contributed by atoms with van der Waals surface area (Å²) in [6.45, 7) is 0.00586. The first-order chi connectivity index (χ1) is 7.74. The van der Waals surface area contributed by atoms with Crippen molar-refractivity contribution in [2.45, 2.75) is 0 Å². The lowest BCUT2D eigenvalue weighted by Crippen LogP contribution is -1.96. The molecule has 0 aliphatic heterocycles. The molecule has 0 unspecified atom stereocenters. The summed E-state index contributed by atoms with van der Waals surface area (Å²) in [6, 6.07) is 7.62. The SMILES string of the molecule is N#CCOc1c(Br)cc(Br)c2cccnc12. The molecular formula is C11H6Br2N2O. The third-order valence-corrected chi connectivity index (χ3v) is 3.28. The number of nitrogens with zero attached hydrogens (tertiary/aromatic N) is 2. The summed E-state index contributed by atoms with van der Waals surface area (Å²) in [7, 11) is 0. The molecule has 0 bridgehead atoms. The van der Waals surface area contributed by atoms with Crippen molar-refractivity contribution in [1.29, 1.82) is 5.26 Å². The van der Waals surface area contributed by atoms with Crippen LogP contribution in [0, 0.1) is 11.3 Å². The van der Waals surface area contributed by atoms with Crippen LogP contribution in [-0.2, 0) is 0 Å². The normalized spacial score (nSPS) is 10.1. The van der Waals surface area contributed by atoms with Gasteiger partial charge in [0.15, 0.2) is 12.4 Å². The molecule has 1 aromatic carbocycles. The maximum atomic E-state index is 8.53. The van der Waals surface area contributed by atoms with Crippen molar-refractivity contribution in [3.8, 4) is 11.8 Å². The Balaban J connectivity index is 2.67. The highest BCUT2D eigenvalue weighted by atomic mass is 79.9. The molecule has 0 saturated heterocycles. The Morgan fingerprint density at radius 2 is 2.19 bits per heavy atom. The zero-order valence-corrected chi connectivity index (χ0v) is 11.2. The molecule has 2 rings (SSSR count). The number of pyridine rings is 1. The van der Waals surface area contributed by atoms with Gasteiger partial charge in [0, 0.05) is 16.1 Å². The zero-order valence-electron chi connectivity index (χ0n) is 8.08. The summed E-state index contributed by atoms with van der Waals surface area (Å²) in [5, 5.41) is 9.48. The van der Waals surface area contributed by atoms with Gasteiger partial charge in [0.1, 0.15) is 11.6 Å². The molecule has 0 amide bonds. The Bertz CT molecular complexity index is 578. The predicted molar refractivity (Wildman–Crippen MR) is 68.3 cm³/mol. The number of hydrogen-bond donors (Lipinski definition) is 0. The quantitative estimate of drug-likeness (QED) is 0.837. The first-order valence-corrected chi connectivity index (χ1v) is 6.05. The van der Waals surface area contributed by atoms with Crippen LogP contribution in [0.1, 0.15) is 0 Å². The summed E-state index contributed by atoms with van der Waals surface area (Å²) in [5.74, 6) is 0.598. The number of rotatable bonds is 2. The van der Waals surface area contributed by atoms with Gasteiger partial charge in [-0.1, -0.05) is 22.0 Å². The Morgan fingerprint density at radius 1 is 1.38 bits per heavy atom. The molecule has 0 saturated carbocycles. The number of ether oxygens (including phenoxy) is 1. The average Bonchev–Trinajstić information content (AvgIpc) is 2.29. The van der Waals surface area contributed by atoms with Gasteiger partial charge in [-0.25, -0.2) is 0 Å². The Hall–Kier alpha value is -1.12. The highest BCUT2D eigenvalue weighted by Gasteiger charge is 2.11. The van der Waals surface area contributed by atoms with E-state index >= 15 is 0 Å². The van der Waals surface area contributed by atoms with Crippen molar-refractivity contribution in [1.82, 2.24) is 4.98 Å². The third-order valence-electron chi connectivity index (χ3n) is 2.03. The van der Waals surface area contributed by atoms with Crippen LogP contribution in [0.25, 0.3) is 10.9 Å². The van der Waals surface area contributed by atoms with E-state index in [1.165, 1.54) is 0 Å². The van der Waals surface area contributed by atoms with Crippen molar-refractivity contribution in [3.05, 3.63) is 33.3 Å². The summed E-state index contributed by atoms with van der Waals surface area (Å²) in [6.07, 6.45) is 1.69. The van der Waals surface area contributed by atoms with E-state index < -0.39 is 0 Å². The summed E-state index contributed by atoms with van der Waals surface area (Å²) < 4.78 is 7.08. The molecule has 0 atom stereocenters. The second-order valence-corrected chi connectivity index (χ2v) is 4.72. The molecular weight excluding hydrogens is 336 g/mol. The third kappa shape index (κ3) is 2.04. The summed E-state index contributed by atoms with van der Waals surface area (Å²) in [5.41, 5.74) is 0.735. The van der Waals surface area contributed by atoms with Gasteiger partial charge in [0.2, 0.25) is 0 Å². The molecule has 3 nitrogen and oxygen atoms in total. The van der Waals surface area contributed by atoms with E-state index in [-0.39, 0.29) is 6.61 Å². The lowest BCUT2D eigenvalue weighted by atomic mass is 10.2. The lowest BCUT2D eigenvalue weighted by Gasteiger charge is -2.09. The van der Waals surface area contributed by atoms with Crippen LogP contribution in [0.3, 0.4) is 0 Å². The minimum atomic E-state index is 0.00586. The predicted octanol–water partition coefficient (Wildman–Crippen LogP) is 3.66. The molecule has 80 valence electrons. The molecule has 0 spiro atoms. The van der Waals surface area contributed by atoms with Gasteiger partial charge in [0.05, 0.1) is 4.47 Å². The van der Waals surface area contributed by atoms with Crippen LogP contribution >= 0.6 is 31.9 Å². The standard InChI is InChI=1S/C11H6Br2N2O/c12-8-6-9(13)11(16-5-3-14)10-7(8)2-1-4-15-10/h1-2,4,6H,5H2. The van der Waals surface area contributed by atoms with E-state index in [0.717, 1.165) is 19.8 Å². The van der Waals surface area contributed by atoms with E-state index in [4.69, 9.17) is 10.00 Å². The molecule has 2 aromatic rings. The van der Waals surface area contributed by atoms with Crippen molar-refractivity contribution in [3.63, 3.8) is 0 Å². The van der Waals surface area contributed by atoms with Gasteiger partial charge >= 0.3 is 0 Å². The highest BCUT2D eigenvalue weighted by molar-refractivity contribution is 9.11. The van der Waals surface area contributed by atoms with E-state index in [1.807, 2.05) is 24.3 Å². The van der Waals surface area contributed by atoms with Crippen molar-refractivity contribution >= 4 is 42.8 Å². The smallest absolute Gasteiger partial charge is 0.174 e. The number of hydrogen-bond acceptors (Lipinski definition) is 3. The molecule has 0 aliphatic rings. The first-order valence-electron chi connectivity index (χ1n) is 4.46. The monoisotopic (exact) mass is 340 g/mol. The van der Waals surface area contributed by atoms with Gasteiger partial charge in [-0.3, -0.25) is 4.98 Å². The Kier molecular flexibility index (Phi) is 3.42. The van der Waals surface area contributed by atoms with Gasteiger partial charge < -0.3 is 4.74 Å². The van der Waals surface area contributed by atoms with Crippen molar-refractivity contribution in [2.24, 2.45) is 0 Å². The maximum absolute atomic E-state index is 8.53. The van der Waals surface area contributed by atoms with Crippen LogP contribution < -0.4 is 4.74 Å². The van der Waals surface area contributed by atoms with Crippen LogP contribution in [0.4, 0.5) is 0 Å². The van der Waals surface area contributed by atoms with Gasteiger partial charge in [0.25, 0.3) is 0 Å². The molecule has 0 aliphatic carbocycles. The molecule has 0 radical (unpaired) electrons. The van der Waals surface area contributed by atoms with Crippen LogP contribution in [0.5, 0.6) is 5.75 Å². The van der Waals surface area contributed by atoms with E-state index in [9.17, 15) is 0 Å². The number of fused-ring (bicyclic) bond motifs is 1.